The summed E-state index contributed by atoms with van der Waals surface area (Å²) in [6.07, 6.45) is 1.87. The van der Waals surface area contributed by atoms with E-state index in [1.807, 2.05) is 6.07 Å². The summed E-state index contributed by atoms with van der Waals surface area (Å²) in [6.45, 7) is 2.08. The van der Waals surface area contributed by atoms with Gasteiger partial charge in [0.1, 0.15) is 5.75 Å². The van der Waals surface area contributed by atoms with Crippen molar-refractivity contribution >= 4 is 5.69 Å². The van der Waals surface area contributed by atoms with Crippen molar-refractivity contribution in [2.24, 2.45) is 5.73 Å². The lowest BCUT2D eigenvalue weighted by Gasteiger charge is -2.17. The Morgan fingerprint density at radius 2 is 1.77 bits per heavy atom. The summed E-state index contributed by atoms with van der Waals surface area (Å²) in [4.78, 5) is 2.10. The molecule has 2 aromatic carbocycles. The molecule has 0 fully saturated rings. The minimum atomic E-state index is -0.0108. The maximum atomic E-state index is 6.38. The van der Waals surface area contributed by atoms with E-state index in [0.717, 1.165) is 24.2 Å². The van der Waals surface area contributed by atoms with Crippen LogP contribution in [0.2, 0.25) is 0 Å². The predicted molar refractivity (Wildman–Crippen MR) is 93.7 cm³/mol. The zero-order chi connectivity index (χ0) is 16.1. The molecule has 118 valence electrons. The van der Waals surface area contributed by atoms with Crippen LogP contribution in [0.1, 0.15) is 29.2 Å². The number of hydrogen-bond acceptors (Lipinski definition) is 3. The van der Waals surface area contributed by atoms with Crippen LogP contribution in [0.25, 0.3) is 0 Å². The second-order valence-electron chi connectivity index (χ2n) is 5.95. The van der Waals surface area contributed by atoms with Gasteiger partial charge in [0.05, 0.1) is 7.11 Å². The Hall–Kier alpha value is -2.00. The molecule has 1 unspecified atom stereocenters. The summed E-state index contributed by atoms with van der Waals surface area (Å²) in [7, 11) is 5.80. The van der Waals surface area contributed by atoms with Crippen molar-refractivity contribution in [3.63, 3.8) is 0 Å². The first-order chi connectivity index (χ1) is 10.5. The fourth-order valence-electron chi connectivity index (χ4n) is 2.58. The van der Waals surface area contributed by atoms with Gasteiger partial charge < -0.3 is 15.4 Å². The number of aryl methyl sites for hydroxylation is 2. The molecule has 0 amide bonds. The van der Waals surface area contributed by atoms with Crippen LogP contribution in [-0.4, -0.2) is 21.2 Å². The SMILES string of the molecule is COc1ccc(C)cc1C(N)CCc1ccc(N(C)C)cc1. The highest BCUT2D eigenvalue weighted by Crippen LogP contribution is 2.27. The molecule has 0 aliphatic heterocycles. The molecule has 3 nitrogen and oxygen atoms in total. The molecule has 0 aliphatic carbocycles. The molecule has 1 atom stereocenters. The van der Waals surface area contributed by atoms with Crippen LogP contribution < -0.4 is 15.4 Å². The number of rotatable bonds is 6. The molecule has 0 radical (unpaired) electrons. The van der Waals surface area contributed by atoms with Gasteiger partial charge in [0.15, 0.2) is 0 Å². The molecule has 22 heavy (non-hydrogen) atoms. The van der Waals surface area contributed by atoms with Crippen LogP contribution in [0.3, 0.4) is 0 Å². The lowest BCUT2D eigenvalue weighted by Crippen LogP contribution is -2.13. The van der Waals surface area contributed by atoms with E-state index in [4.69, 9.17) is 10.5 Å². The Balaban J connectivity index is 2.03. The van der Waals surface area contributed by atoms with Crippen LogP contribution in [-0.2, 0) is 6.42 Å². The van der Waals surface area contributed by atoms with Gasteiger partial charge in [0.25, 0.3) is 0 Å². The average Bonchev–Trinajstić information content (AvgIpc) is 2.53. The predicted octanol–water partition coefficient (Wildman–Crippen LogP) is 3.70. The number of methoxy groups -OCH3 is 1. The van der Waals surface area contributed by atoms with Gasteiger partial charge in [0, 0.05) is 31.4 Å². The average molecular weight is 298 g/mol. The molecular formula is C19H26N2O. The fraction of sp³-hybridized carbons (Fsp3) is 0.368. The van der Waals surface area contributed by atoms with Crippen LogP contribution >= 0.6 is 0 Å². The second-order valence-corrected chi connectivity index (χ2v) is 5.95. The van der Waals surface area contributed by atoms with Gasteiger partial charge in [-0.15, -0.1) is 0 Å². The third-order valence-electron chi connectivity index (χ3n) is 3.98. The van der Waals surface area contributed by atoms with E-state index < -0.39 is 0 Å². The van der Waals surface area contributed by atoms with E-state index in [9.17, 15) is 0 Å². The van der Waals surface area contributed by atoms with Crippen molar-refractivity contribution in [2.45, 2.75) is 25.8 Å². The smallest absolute Gasteiger partial charge is 0.123 e. The van der Waals surface area contributed by atoms with E-state index in [0.29, 0.717) is 0 Å². The van der Waals surface area contributed by atoms with Gasteiger partial charge in [-0.25, -0.2) is 0 Å². The number of hydrogen-bond donors (Lipinski definition) is 1. The topological polar surface area (TPSA) is 38.5 Å². The highest BCUT2D eigenvalue weighted by molar-refractivity contribution is 5.46. The Labute approximate surface area is 133 Å². The Morgan fingerprint density at radius 3 is 2.36 bits per heavy atom. The summed E-state index contributed by atoms with van der Waals surface area (Å²) in [5.41, 5.74) is 11.2. The highest BCUT2D eigenvalue weighted by atomic mass is 16.5. The summed E-state index contributed by atoms with van der Waals surface area (Å²) >= 11 is 0. The van der Waals surface area contributed by atoms with Crippen LogP contribution in [0.4, 0.5) is 5.69 Å². The lowest BCUT2D eigenvalue weighted by atomic mass is 9.97. The van der Waals surface area contributed by atoms with Crippen LogP contribution in [0, 0.1) is 6.92 Å². The summed E-state index contributed by atoms with van der Waals surface area (Å²) < 4.78 is 5.43. The number of nitrogens with zero attached hydrogens (tertiary/aromatic N) is 1. The van der Waals surface area contributed by atoms with Gasteiger partial charge in [-0.3, -0.25) is 0 Å². The van der Waals surface area contributed by atoms with Crippen molar-refractivity contribution in [3.05, 3.63) is 59.2 Å². The van der Waals surface area contributed by atoms with E-state index >= 15 is 0 Å². The molecule has 0 bridgehead atoms. The van der Waals surface area contributed by atoms with Gasteiger partial charge in [-0.2, -0.15) is 0 Å². The normalized spacial score (nSPS) is 12.0. The minimum Gasteiger partial charge on any atom is -0.496 e. The molecule has 3 heteroatoms. The number of ether oxygens (including phenoxy) is 1. The summed E-state index contributed by atoms with van der Waals surface area (Å²) in [6, 6.07) is 14.8. The molecule has 0 saturated heterocycles. The molecule has 0 aromatic heterocycles. The van der Waals surface area contributed by atoms with Crippen molar-refractivity contribution in [1.29, 1.82) is 0 Å². The number of nitrogens with two attached hydrogens (primary N) is 1. The zero-order valence-corrected chi connectivity index (χ0v) is 14.0. The number of anilines is 1. The first kappa shape index (κ1) is 16.4. The molecule has 2 N–H and O–H groups in total. The van der Waals surface area contributed by atoms with Crippen molar-refractivity contribution in [3.8, 4) is 5.75 Å². The number of benzene rings is 2. The van der Waals surface area contributed by atoms with Crippen LogP contribution in [0.15, 0.2) is 42.5 Å². The first-order valence-corrected chi connectivity index (χ1v) is 7.67. The van der Waals surface area contributed by atoms with E-state index in [1.165, 1.54) is 16.8 Å². The fourth-order valence-corrected chi connectivity index (χ4v) is 2.58. The van der Waals surface area contributed by atoms with Crippen molar-refractivity contribution < 1.29 is 4.74 Å². The molecule has 0 heterocycles. The molecular weight excluding hydrogens is 272 g/mol. The maximum Gasteiger partial charge on any atom is 0.123 e. The minimum absolute atomic E-state index is 0.0108. The van der Waals surface area contributed by atoms with E-state index in [1.54, 1.807) is 7.11 Å². The molecule has 0 aliphatic rings. The van der Waals surface area contributed by atoms with Gasteiger partial charge in [0.2, 0.25) is 0 Å². The molecule has 2 rings (SSSR count). The largest absolute Gasteiger partial charge is 0.496 e. The second kappa shape index (κ2) is 7.32. The third-order valence-corrected chi connectivity index (χ3v) is 3.98. The van der Waals surface area contributed by atoms with E-state index in [-0.39, 0.29) is 6.04 Å². The first-order valence-electron chi connectivity index (χ1n) is 7.67. The summed E-state index contributed by atoms with van der Waals surface area (Å²) in [5, 5.41) is 0. The van der Waals surface area contributed by atoms with Crippen molar-refractivity contribution in [1.82, 2.24) is 0 Å². The summed E-state index contributed by atoms with van der Waals surface area (Å²) in [5.74, 6) is 0.876. The highest BCUT2D eigenvalue weighted by Gasteiger charge is 2.12. The van der Waals surface area contributed by atoms with E-state index in [2.05, 4.69) is 62.3 Å². The van der Waals surface area contributed by atoms with Gasteiger partial charge in [-0.05, 0) is 43.5 Å². The Bertz CT molecular complexity index is 605. The standard InChI is InChI=1S/C19H26N2O/c1-14-5-12-19(22-4)17(13-14)18(20)11-8-15-6-9-16(10-7-15)21(2)3/h5-7,9-10,12-13,18H,8,11,20H2,1-4H3. The van der Waals surface area contributed by atoms with Gasteiger partial charge in [-0.1, -0.05) is 29.8 Å². The van der Waals surface area contributed by atoms with Crippen molar-refractivity contribution in [2.75, 3.05) is 26.1 Å². The zero-order valence-electron chi connectivity index (χ0n) is 14.0. The lowest BCUT2D eigenvalue weighted by molar-refractivity contribution is 0.404. The molecule has 0 spiro atoms. The monoisotopic (exact) mass is 298 g/mol. The molecule has 2 aromatic rings. The Kier molecular flexibility index (Phi) is 5.45. The van der Waals surface area contributed by atoms with Gasteiger partial charge >= 0.3 is 0 Å². The third kappa shape index (κ3) is 4.01. The quantitative estimate of drug-likeness (QED) is 0.883. The molecule has 0 saturated carbocycles. The Morgan fingerprint density at radius 1 is 1.09 bits per heavy atom. The maximum absolute atomic E-state index is 6.38. The van der Waals surface area contributed by atoms with Crippen LogP contribution in [0.5, 0.6) is 5.75 Å².